The van der Waals surface area contributed by atoms with Gasteiger partial charge in [0.2, 0.25) is 0 Å². The van der Waals surface area contributed by atoms with E-state index in [2.05, 4.69) is 4.74 Å². The minimum absolute atomic E-state index is 0.412. The van der Waals surface area contributed by atoms with E-state index in [1.165, 1.54) is 18.8 Å². The van der Waals surface area contributed by atoms with Crippen molar-refractivity contribution in [3.05, 3.63) is 77.4 Å². The predicted molar refractivity (Wildman–Crippen MR) is 103 cm³/mol. The van der Waals surface area contributed by atoms with Gasteiger partial charge >= 0.3 is 5.97 Å². The topological polar surface area (TPSA) is 44.8 Å². The van der Waals surface area contributed by atoms with Crippen molar-refractivity contribution in [2.24, 2.45) is 0 Å². The highest BCUT2D eigenvalue weighted by molar-refractivity contribution is 5.87. The molecule has 0 amide bonds. The van der Waals surface area contributed by atoms with Crippen LogP contribution in [0.5, 0.6) is 11.5 Å². The molecule has 0 aliphatic heterocycles. The van der Waals surface area contributed by atoms with Gasteiger partial charge < -0.3 is 14.2 Å². The molecule has 0 N–H and O–H groups in total. The summed E-state index contributed by atoms with van der Waals surface area (Å²) in [5, 5.41) is 0. The number of carbonyl (C=O) groups is 1. The molecule has 0 aliphatic carbocycles. The lowest BCUT2D eigenvalue weighted by atomic mass is 10.1. The van der Waals surface area contributed by atoms with E-state index >= 15 is 0 Å². The molecular weight excluding hydrogens is 328 g/mol. The number of benzene rings is 2. The quantitative estimate of drug-likeness (QED) is 0.389. The molecule has 2 rings (SSSR count). The molecule has 0 aliphatic rings. The van der Waals surface area contributed by atoms with Gasteiger partial charge in [-0.05, 0) is 43.7 Å². The first-order valence-corrected chi connectivity index (χ1v) is 8.41. The van der Waals surface area contributed by atoms with Crippen molar-refractivity contribution >= 4 is 12.0 Å². The van der Waals surface area contributed by atoms with Crippen LogP contribution in [0.3, 0.4) is 0 Å². The molecule has 0 atom stereocenters. The van der Waals surface area contributed by atoms with E-state index in [0.29, 0.717) is 24.7 Å². The van der Waals surface area contributed by atoms with E-state index in [1.807, 2.05) is 68.5 Å². The monoisotopic (exact) mass is 352 g/mol. The molecule has 0 radical (unpaired) electrons. The number of hydrogen-bond donors (Lipinski definition) is 0. The Kier molecular flexibility index (Phi) is 7.49. The SMILES string of the molecule is COC(=O)/C=C/c1ccc(OCc2ccccc2)cc1OCC=C(C)C. The highest BCUT2D eigenvalue weighted by Gasteiger charge is 2.05. The van der Waals surface area contributed by atoms with Gasteiger partial charge in [-0.3, -0.25) is 0 Å². The molecule has 136 valence electrons. The number of hydrogen-bond acceptors (Lipinski definition) is 4. The van der Waals surface area contributed by atoms with Crippen molar-refractivity contribution in [2.45, 2.75) is 20.5 Å². The van der Waals surface area contributed by atoms with Gasteiger partial charge in [-0.1, -0.05) is 35.9 Å². The van der Waals surface area contributed by atoms with Crippen LogP contribution in [-0.4, -0.2) is 19.7 Å². The van der Waals surface area contributed by atoms with Crippen LogP contribution in [0, 0.1) is 0 Å². The lowest BCUT2D eigenvalue weighted by molar-refractivity contribution is -0.134. The van der Waals surface area contributed by atoms with Gasteiger partial charge in [0, 0.05) is 17.7 Å². The summed E-state index contributed by atoms with van der Waals surface area (Å²) in [6.07, 6.45) is 5.03. The second-order valence-electron chi connectivity index (χ2n) is 5.92. The molecule has 0 saturated carbocycles. The van der Waals surface area contributed by atoms with Crippen molar-refractivity contribution < 1.29 is 19.0 Å². The molecule has 4 heteroatoms. The lowest BCUT2D eigenvalue weighted by Crippen LogP contribution is -1.99. The molecule has 0 unspecified atom stereocenters. The summed E-state index contributed by atoms with van der Waals surface area (Å²) >= 11 is 0. The summed E-state index contributed by atoms with van der Waals surface area (Å²) in [4.78, 5) is 11.3. The van der Waals surface area contributed by atoms with Gasteiger partial charge in [-0.25, -0.2) is 4.79 Å². The number of esters is 1. The van der Waals surface area contributed by atoms with Crippen molar-refractivity contribution in [2.75, 3.05) is 13.7 Å². The second kappa shape index (κ2) is 10.1. The number of carbonyl (C=O) groups excluding carboxylic acids is 1. The van der Waals surface area contributed by atoms with E-state index < -0.39 is 5.97 Å². The fraction of sp³-hybridized carbons (Fsp3) is 0.227. The number of rotatable bonds is 8. The maximum Gasteiger partial charge on any atom is 0.330 e. The predicted octanol–water partition coefficient (Wildman–Crippen LogP) is 4.80. The largest absolute Gasteiger partial charge is 0.489 e. The highest BCUT2D eigenvalue weighted by Crippen LogP contribution is 2.27. The Morgan fingerprint density at radius 1 is 1.04 bits per heavy atom. The van der Waals surface area contributed by atoms with E-state index in [9.17, 15) is 4.79 Å². The van der Waals surface area contributed by atoms with Gasteiger partial charge in [0.15, 0.2) is 0 Å². The van der Waals surface area contributed by atoms with E-state index in [-0.39, 0.29) is 0 Å². The fourth-order valence-corrected chi connectivity index (χ4v) is 2.13. The van der Waals surface area contributed by atoms with Crippen LogP contribution in [-0.2, 0) is 16.1 Å². The molecule has 0 heterocycles. The smallest absolute Gasteiger partial charge is 0.330 e. The highest BCUT2D eigenvalue weighted by atomic mass is 16.5. The summed E-state index contributed by atoms with van der Waals surface area (Å²) in [6.45, 7) is 4.96. The normalized spacial score (nSPS) is 10.4. The van der Waals surface area contributed by atoms with E-state index in [1.54, 1.807) is 6.08 Å². The lowest BCUT2D eigenvalue weighted by Gasteiger charge is -2.12. The van der Waals surface area contributed by atoms with Gasteiger partial charge in [0.05, 0.1) is 7.11 Å². The molecule has 0 spiro atoms. The van der Waals surface area contributed by atoms with Crippen LogP contribution in [0.15, 0.2) is 66.3 Å². The van der Waals surface area contributed by atoms with E-state index in [4.69, 9.17) is 9.47 Å². The number of methoxy groups -OCH3 is 1. The van der Waals surface area contributed by atoms with Crippen LogP contribution < -0.4 is 9.47 Å². The summed E-state index contributed by atoms with van der Waals surface area (Å²) in [6, 6.07) is 15.5. The van der Waals surface area contributed by atoms with Crippen LogP contribution in [0.1, 0.15) is 25.0 Å². The Bertz CT molecular complexity index is 772. The third kappa shape index (κ3) is 6.48. The van der Waals surface area contributed by atoms with Crippen LogP contribution in [0.25, 0.3) is 6.08 Å². The standard InChI is InChI=1S/C22H24O4/c1-17(2)13-14-25-21-15-20(26-16-18-7-5-4-6-8-18)11-9-19(21)10-12-22(23)24-3/h4-13,15H,14,16H2,1-3H3/b12-10+. The fourth-order valence-electron chi connectivity index (χ4n) is 2.13. The van der Waals surface area contributed by atoms with Crippen molar-refractivity contribution in [3.8, 4) is 11.5 Å². The zero-order valence-electron chi connectivity index (χ0n) is 15.4. The van der Waals surface area contributed by atoms with Gasteiger partial charge in [0.25, 0.3) is 0 Å². The summed E-state index contributed by atoms with van der Waals surface area (Å²) in [5.41, 5.74) is 3.05. The first kappa shape index (κ1) is 19.3. The molecule has 0 bridgehead atoms. The van der Waals surface area contributed by atoms with Crippen LogP contribution >= 0.6 is 0 Å². The number of ether oxygens (including phenoxy) is 3. The van der Waals surface area contributed by atoms with Crippen LogP contribution in [0.2, 0.25) is 0 Å². The second-order valence-corrected chi connectivity index (χ2v) is 5.92. The first-order valence-electron chi connectivity index (χ1n) is 8.41. The summed E-state index contributed by atoms with van der Waals surface area (Å²) < 4.78 is 16.3. The summed E-state index contributed by atoms with van der Waals surface area (Å²) in [5.74, 6) is 0.939. The first-order chi connectivity index (χ1) is 12.6. The minimum atomic E-state index is -0.412. The Labute approximate surface area is 154 Å². The zero-order chi connectivity index (χ0) is 18.8. The Morgan fingerprint density at radius 3 is 2.50 bits per heavy atom. The summed E-state index contributed by atoms with van der Waals surface area (Å²) in [7, 11) is 1.35. The van der Waals surface area contributed by atoms with Crippen molar-refractivity contribution in [1.82, 2.24) is 0 Å². The Morgan fingerprint density at radius 2 is 1.81 bits per heavy atom. The average molecular weight is 352 g/mol. The maximum absolute atomic E-state index is 11.3. The van der Waals surface area contributed by atoms with Gasteiger partial charge in [-0.15, -0.1) is 0 Å². The molecule has 2 aromatic rings. The molecular formula is C22H24O4. The Balaban J connectivity index is 2.15. The van der Waals surface area contributed by atoms with Gasteiger partial charge in [-0.2, -0.15) is 0 Å². The van der Waals surface area contributed by atoms with E-state index in [0.717, 1.165) is 11.1 Å². The molecule has 2 aromatic carbocycles. The molecule has 0 aromatic heterocycles. The Hall–Kier alpha value is -3.01. The maximum atomic E-state index is 11.3. The van der Waals surface area contributed by atoms with Crippen LogP contribution in [0.4, 0.5) is 0 Å². The molecule has 4 nitrogen and oxygen atoms in total. The van der Waals surface area contributed by atoms with Crippen molar-refractivity contribution in [1.29, 1.82) is 0 Å². The zero-order valence-corrected chi connectivity index (χ0v) is 15.4. The third-order valence-electron chi connectivity index (χ3n) is 3.56. The van der Waals surface area contributed by atoms with Gasteiger partial charge in [0.1, 0.15) is 24.7 Å². The third-order valence-corrected chi connectivity index (χ3v) is 3.56. The average Bonchev–Trinajstić information content (AvgIpc) is 2.65. The molecule has 26 heavy (non-hydrogen) atoms. The molecule has 0 fully saturated rings. The molecule has 0 saturated heterocycles. The van der Waals surface area contributed by atoms with Crippen molar-refractivity contribution in [3.63, 3.8) is 0 Å². The minimum Gasteiger partial charge on any atom is -0.489 e. The number of allylic oxidation sites excluding steroid dienone is 1.